The van der Waals surface area contributed by atoms with Gasteiger partial charge < -0.3 is 5.32 Å². The first-order valence-electron chi connectivity index (χ1n) is 7.73. The Bertz CT molecular complexity index is 1010. The van der Waals surface area contributed by atoms with Crippen LogP contribution in [-0.2, 0) is 6.42 Å². The molecule has 0 unspecified atom stereocenters. The summed E-state index contributed by atoms with van der Waals surface area (Å²) in [7, 11) is 0. The standard InChI is InChI=1S/C16H16N6OS/c1-11-14(22-9-10-24-16(22)18-11)15(23)17-7-4-6-13-20-19-12-5-2-3-8-21(12)13/h2-3,5,8-10H,4,6-7H2,1H3,(H,17,23). The van der Waals surface area contributed by atoms with Crippen molar-refractivity contribution in [1.29, 1.82) is 0 Å². The van der Waals surface area contributed by atoms with E-state index in [9.17, 15) is 4.79 Å². The predicted molar refractivity (Wildman–Crippen MR) is 91.4 cm³/mol. The average Bonchev–Trinajstić information content (AvgIpc) is 3.25. The van der Waals surface area contributed by atoms with Gasteiger partial charge >= 0.3 is 0 Å². The topological polar surface area (TPSA) is 76.6 Å². The molecule has 4 aromatic heterocycles. The lowest BCUT2D eigenvalue weighted by Gasteiger charge is -2.05. The Morgan fingerprint density at radius 3 is 3.08 bits per heavy atom. The molecule has 7 nitrogen and oxygen atoms in total. The lowest BCUT2D eigenvalue weighted by Crippen LogP contribution is -2.26. The maximum Gasteiger partial charge on any atom is 0.270 e. The number of fused-ring (bicyclic) bond motifs is 2. The average molecular weight is 340 g/mol. The van der Waals surface area contributed by atoms with Crippen LogP contribution < -0.4 is 5.32 Å². The maximum atomic E-state index is 12.4. The summed E-state index contributed by atoms with van der Waals surface area (Å²) in [6.07, 6.45) is 5.38. The molecule has 24 heavy (non-hydrogen) atoms. The molecule has 8 heteroatoms. The van der Waals surface area contributed by atoms with E-state index >= 15 is 0 Å². The number of nitrogens with zero attached hydrogens (tertiary/aromatic N) is 5. The number of aromatic nitrogens is 5. The van der Waals surface area contributed by atoms with E-state index in [0.29, 0.717) is 12.2 Å². The molecule has 0 fully saturated rings. The molecule has 122 valence electrons. The molecule has 0 aromatic carbocycles. The van der Waals surface area contributed by atoms with E-state index in [0.717, 1.165) is 35.0 Å². The molecule has 4 aromatic rings. The first-order valence-corrected chi connectivity index (χ1v) is 8.61. The van der Waals surface area contributed by atoms with Crippen LogP contribution in [0.3, 0.4) is 0 Å². The summed E-state index contributed by atoms with van der Waals surface area (Å²) in [5.41, 5.74) is 2.20. The second-order valence-electron chi connectivity index (χ2n) is 5.51. The molecule has 0 aliphatic heterocycles. The fourth-order valence-electron chi connectivity index (χ4n) is 2.76. The summed E-state index contributed by atoms with van der Waals surface area (Å²) >= 11 is 1.52. The molecule has 0 atom stereocenters. The monoisotopic (exact) mass is 340 g/mol. The minimum absolute atomic E-state index is 0.0931. The molecule has 4 rings (SSSR count). The quantitative estimate of drug-likeness (QED) is 0.565. The summed E-state index contributed by atoms with van der Waals surface area (Å²) in [6, 6.07) is 5.82. The summed E-state index contributed by atoms with van der Waals surface area (Å²) in [5, 5.41) is 13.2. The Kier molecular flexibility index (Phi) is 3.73. The lowest BCUT2D eigenvalue weighted by molar-refractivity contribution is 0.0946. The van der Waals surface area contributed by atoms with Gasteiger partial charge in [-0.25, -0.2) is 4.98 Å². The summed E-state index contributed by atoms with van der Waals surface area (Å²) in [4.78, 5) is 17.6. The molecular formula is C16H16N6OS. The molecule has 0 aliphatic carbocycles. The van der Waals surface area contributed by atoms with Crippen molar-refractivity contribution in [1.82, 2.24) is 29.3 Å². The number of pyridine rings is 1. The van der Waals surface area contributed by atoms with Gasteiger partial charge in [0.2, 0.25) is 0 Å². The molecule has 0 saturated carbocycles. The fraction of sp³-hybridized carbons (Fsp3) is 0.250. The third-order valence-corrected chi connectivity index (χ3v) is 4.66. The maximum absolute atomic E-state index is 12.4. The zero-order chi connectivity index (χ0) is 16.5. The van der Waals surface area contributed by atoms with Gasteiger partial charge in [0.25, 0.3) is 5.91 Å². The smallest absolute Gasteiger partial charge is 0.270 e. The Hall–Kier alpha value is -2.74. The zero-order valence-electron chi connectivity index (χ0n) is 13.1. The van der Waals surface area contributed by atoms with Gasteiger partial charge in [0, 0.05) is 30.7 Å². The van der Waals surface area contributed by atoms with Gasteiger partial charge in [0.05, 0.1) is 5.69 Å². The summed E-state index contributed by atoms with van der Waals surface area (Å²) in [6.45, 7) is 2.44. The highest BCUT2D eigenvalue weighted by atomic mass is 32.1. The zero-order valence-corrected chi connectivity index (χ0v) is 14.0. The van der Waals surface area contributed by atoms with Crippen LogP contribution in [0.2, 0.25) is 0 Å². The van der Waals surface area contributed by atoms with Crippen molar-refractivity contribution in [2.24, 2.45) is 0 Å². The molecule has 0 radical (unpaired) electrons. The number of rotatable bonds is 5. The Balaban J connectivity index is 1.38. The first kappa shape index (κ1) is 14.8. The highest BCUT2D eigenvalue weighted by Crippen LogP contribution is 2.16. The molecule has 0 aliphatic rings. The van der Waals surface area contributed by atoms with Crippen molar-refractivity contribution in [3.8, 4) is 0 Å². The highest BCUT2D eigenvalue weighted by Gasteiger charge is 2.16. The van der Waals surface area contributed by atoms with Crippen LogP contribution in [0.1, 0.15) is 28.4 Å². The number of amides is 1. The number of thiazole rings is 1. The van der Waals surface area contributed by atoms with Crippen LogP contribution >= 0.6 is 11.3 Å². The predicted octanol–water partition coefficient (Wildman–Crippen LogP) is 2.11. The third-order valence-electron chi connectivity index (χ3n) is 3.90. The van der Waals surface area contributed by atoms with Gasteiger partial charge in [-0.05, 0) is 25.5 Å². The summed E-state index contributed by atoms with van der Waals surface area (Å²) in [5.74, 6) is 0.810. The molecule has 0 bridgehead atoms. The van der Waals surface area contributed by atoms with Crippen molar-refractivity contribution < 1.29 is 4.79 Å². The molecule has 0 spiro atoms. The SMILES string of the molecule is Cc1nc2sccn2c1C(=O)NCCCc1nnc2ccccn12. The number of hydrogen-bond acceptors (Lipinski definition) is 5. The van der Waals surface area contributed by atoms with Crippen LogP contribution in [-0.4, -0.2) is 36.4 Å². The Labute approximate surface area is 142 Å². The molecule has 0 saturated heterocycles. The van der Waals surface area contributed by atoms with E-state index in [1.807, 2.05) is 51.7 Å². The van der Waals surface area contributed by atoms with E-state index in [1.165, 1.54) is 11.3 Å². The van der Waals surface area contributed by atoms with E-state index in [-0.39, 0.29) is 5.91 Å². The third kappa shape index (κ3) is 2.54. The summed E-state index contributed by atoms with van der Waals surface area (Å²) < 4.78 is 3.80. The van der Waals surface area contributed by atoms with Crippen molar-refractivity contribution in [2.45, 2.75) is 19.8 Å². The van der Waals surface area contributed by atoms with E-state index < -0.39 is 0 Å². The number of hydrogen-bond donors (Lipinski definition) is 1. The van der Waals surface area contributed by atoms with Crippen LogP contribution in [0.5, 0.6) is 0 Å². The molecule has 1 amide bonds. The normalized spacial score (nSPS) is 11.4. The van der Waals surface area contributed by atoms with E-state index in [2.05, 4.69) is 20.5 Å². The van der Waals surface area contributed by atoms with Crippen molar-refractivity contribution in [3.05, 3.63) is 53.2 Å². The Morgan fingerprint density at radius 2 is 2.17 bits per heavy atom. The van der Waals surface area contributed by atoms with E-state index in [1.54, 1.807) is 0 Å². The molecule has 4 heterocycles. The second-order valence-corrected chi connectivity index (χ2v) is 6.38. The first-order chi connectivity index (χ1) is 11.7. The number of nitrogens with one attached hydrogen (secondary N) is 1. The van der Waals surface area contributed by atoms with Gasteiger partial charge in [0.15, 0.2) is 10.6 Å². The number of carbonyl (C=O) groups excluding carboxylic acids is 1. The minimum Gasteiger partial charge on any atom is -0.351 e. The fourth-order valence-corrected chi connectivity index (χ4v) is 3.52. The van der Waals surface area contributed by atoms with Crippen LogP contribution in [0.25, 0.3) is 10.6 Å². The Morgan fingerprint density at radius 1 is 1.25 bits per heavy atom. The van der Waals surface area contributed by atoms with Crippen LogP contribution in [0, 0.1) is 6.92 Å². The minimum atomic E-state index is -0.0931. The van der Waals surface area contributed by atoms with Gasteiger partial charge in [-0.3, -0.25) is 13.6 Å². The van der Waals surface area contributed by atoms with Gasteiger partial charge in [-0.1, -0.05) is 6.07 Å². The van der Waals surface area contributed by atoms with Crippen LogP contribution in [0.15, 0.2) is 36.0 Å². The van der Waals surface area contributed by atoms with Crippen molar-refractivity contribution >= 4 is 27.9 Å². The number of aryl methyl sites for hydroxylation is 2. The van der Waals surface area contributed by atoms with Gasteiger partial charge in [0.1, 0.15) is 11.5 Å². The number of imidazole rings is 1. The van der Waals surface area contributed by atoms with E-state index in [4.69, 9.17) is 0 Å². The lowest BCUT2D eigenvalue weighted by atomic mass is 10.2. The molecule has 1 N–H and O–H groups in total. The van der Waals surface area contributed by atoms with Crippen molar-refractivity contribution in [3.63, 3.8) is 0 Å². The van der Waals surface area contributed by atoms with Crippen molar-refractivity contribution in [2.75, 3.05) is 6.54 Å². The number of carbonyl (C=O) groups is 1. The largest absolute Gasteiger partial charge is 0.351 e. The van der Waals surface area contributed by atoms with Gasteiger partial charge in [-0.15, -0.1) is 21.5 Å². The highest BCUT2D eigenvalue weighted by molar-refractivity contribution is 7.15. The second kappa shape index (κ2) is 6.04. The van der Waals surface area contributed by atoms with Crippen LogP contribution in [0.4, 0.5) is 0 Å². The van der Waals surface area contributed by atoms with Gasteiger partial charge in [-0.2, -0.15) is 0 Å². The molecular weight excluding hydrogens is 324 g/mol.